The van der Waals surface area contributed by atoms with Crippen molar-refractivity contribution in [2.24, 2.45) is 15.4 Å². The Morgan fingerprint density at radius 2 is 2.06 bits per heavy atom. The number of aromatic nitrogens is 2. The Kier molecular flexibility index (Phi) is 4.10. The molecule has 31 heavy (non-hydrogen) atoms. The third kappa shape index (κ3) is 2.66. The number of aryl methyl sites for hydroxylation is 1. The number of hydrogen-bond acceptors (Lipinski definition) is 8. The van der Waals surface area contributed by atoms with Crippen LogP contribution >= 0.6 is 11.3 Å². The van der Waals surface area contributed by atoms with E-state index >= 15 is 4.39 Å². The van der Waals surface area contributed by atoms with Crippen molar-refractivity contribution in [2.45, 2.75) is 45.4 Å². The molecule has 1 spiro atoms. The van der Waals surface area contributed by atoms with E-state index < -0.39 is 5.41 Å². The van der Waals surface area contributed by atoms with Crippen LogP contribution in [0.3, 0.4) is 0 Å². The summed E-state index contributed by atoms with van der Waals surface area (Å²) in [4.78, 5) is 16.3. The van der Waals surface area contributed by atoms with E-state index in [1.807, 2.05) is 39.3 Å². The molecule has 3 aromatic rings. The molecule has 1 saturated heterocycles. The molecule has 3 aliphatic rings. The van der Waals surface area contributed by atoms with Gasteiger partial charge < -0.3 is 14.2 Å². The number of anilines is 1. The Morgan fingerprint density at radius 1 is 1.26 bits per heavy atom. The van der Waals surface area contributed by atoms with Crippen LogP contribution in [0.25, 0.3) is 21.5 Å². The predicted octanol–water partition coefficient (Wildman–Crippen LogP) is 4.04. The fraction of sp³-hybridized carbons (Fsp3) is 0.455. The Hall–Kier alpha value is -2.65. The molecular formula is C22H22FN5O2S. The Morgan fingerprint density at radius 3 is 2.81 bits per heavy atom. The van der Waals surface area contributed by atoms with Gasteiger partial charge in [0.25, 0.3) is 0 Å². The largest absolute Gasteiger partial charge is 0.372 e. The third-order valence-electron chi connectivity index (χ3n) is 6.56. The lowest BCUT2D eigenvalue weighted by Crippen LogP contribution is -2.65. The Balaban J connectivity index is 1.60. The van der Waals surface area contributed by atoms with Crippen molar-refractivity contribution in [2.75, 3.05) is 18.1 Å². The zero-order valence-corrected chi connectivity index (χ0v) is 18.3. The van der Waals surface area contributed by atoms with Crippen molar-refractivity contribution in [1.29, 1.82) is 0 Å². The zero-order chi connectivity index (χ0) is 21.3. The minimum absolute atomic E-state index is 0.0213. The quantitative estimate of drug-likeness (QED) is 0.572. The molecule has 3 aliphatic heterocycles. The van der Waals surface area contributed by atoms with Gasteiger partial charge in [0.05, 0.1) is 50.8 Å². The van der Waals surface area contributed by atoms with Gasteiger partial charge in [-0.05, 0) is 38.8 Å². The number of morpholine rings is 1. The Bertz CT molecular complexity index is 1240. The highest BCUT2D eigenvalue weighted by molar-refractivity contribution is 7.13. The highest BCUT2D eigenvalue weighted by atomic mass is 32.1. The lowest BCUT2D eigenvalue weighted by atomic mass is 9.69. The van der Waals surface area contributed by atoms with Crippen LogP contribution in [0.5, 0.6) is 0 Å². The topological polar surface area (TPSA) is 76.1 Å². The number of hydrogen-bond donors (Lipinski definition) is 0. The fourth-order valence-electron chi connectivity index (χ4n) is 5.48. The molecule has 0 radical (unpaired) electrons. The number of rotatable bonds is 1. The van der Waals surface area contributed by atoms with Gasteiger partial charge in [0.1, 0.15) is 12.4 Å². The van der Waals surface area contributed by atoms with Crippen LogP contribution in [0.2, 0.25) is 0 Å². The first-order valence-electron chi connectivity index (χ1n) is 10.4. The van der Waals surface area contributed by atoms with Gasteiger partial charge in [0.2, 0.25) is 5.58 Å². The van der Waals surface area contributed by atoms with Crippen LogP contribution in [0, 0.1) is 18.2 Å². The summed E-state index contributed by atoms with van der Waals surface area (Å²) >= 11 is 1.48. The first-order chi connectivity index (χ1) is 15.0. The summed E-state index contributed by atoms with van der Waals surface area (Å²) in [7, 11) is 0. The van der Waals surface area contributed by atoms with Crippen LogP contribution in [0.15, 0.2) is 26.1 Å². The molecule has 160 valence electrons. The van der Waals surface area contributed by atoms with Gasteiger partial charge in [-0.25, -0.2) is 9.37 Å². The van der Waals surface area contributed by atoms with Gasteiger partial charge in [0, 0.05) is 19.0 Å². The van der Waals surface area contributed by atoms with Crippen LogP contribution in [0.4, 0.5) is 10.1 Å². The van der Waals surface area contributed by atoms with E-state index in [9.17, 15) is 0 Å². The summed E-state index contributed by atoms with van der Waals surface area (Å²) < 4.78 is 27.7. The van der Waals surface area contributed by atoms with Gasteiger partial charge >= 0.3 is 0 Å². The molecule has 0 saturated carbocycles. The Labute approximate surface area is 182 Å². The molecule has 1 fully saturated rings. The third-order valence-corrected chi connectivity index (χ3v) is 7.50. The smallest absolute Gasteiger partial charge is 0.205 e. The van der Waals surface area contributed by atoms with Crippen LogP contribution < -0.4 is 4.90 Å². The minimum Gasteiger partial charge on any atom is -0.372 e. The highest BCUT2D eigenvalue weighted by Gasteiger charge is 2.52. The van der Waals surface area contributed by atoms with Crippen molar-refractivity contribution >= 4 is 40.4 Å². The van der Waals surface area contributed by atoms with Crippen LogP contribution in [-0.2, 0) is 11.2 Å². The molecule has 0 bridgehead atoms. The maximum atomic E-state index is 16.0. The second-order valence-corrected chi connectivity index (χ2v) is 9.53. The molecule has 0 N–H and O–H groups in total. The van der Waals surface area contributed by atoms with E-state index in [-0.39, 0.29) is 29.7 Å². The predicted molar refractivity (Wildman–Crippen MR) is 119 cm³/mol. The highest BCUT2D eigenvalue weighted by Crippen LogP contribution is 2.48. The van der Waals surface area contributed by atoms with Crippen LogP contribution in [-0.4, -0.2) is 54.0 Å². The number of ether oxygens (including phenoxy) is 1. The zero-order valence-electron chi connectivity index (χ0n) is 17.5. The molecule has 9 heteroatoms. The maximum absolute atomic E-state index is 16.0. The van der Waals surface area contributed by atoms with E-state index in [1.165, 1.54) is 11.3 Å². The monoisotopic (exact) mass is 439 g/mol. The number of nitrogens with zero attached hydrogens (tertiary/aromatic N) is 5. The van der Waals surface area contributed by atoms with E-state index in [2.05, 4.69) is 25.0 Å². The van der Waals surface area contributed by atoms with E-state index in [4.69, 9.17) is 9.26 Å². The normalized spacial score (nSPS) is 26.5. The second-order valence-electron chi connectivity index (χ2n) is 8.68. The van der Waals surface area contributed by atoms with Crippen molar-refractivity contribution in [3.8, 4) is 10.6 Å². The molecule has 0 amide bonds. The summed E-state index contributed by atoms with van der Waals surface area (Å²) in [6.45, 7) is 7.01. The van der Waals surface area contributed by atoms with E-state index in [0.717, 1.165) is 16.1 Å². The molecule has 0 aliphatic carbocycles. The lowest BCUT2D eigenvalue weighted by Gasteiger charge is -2.54. The second kappa shape index (κ2) is 6.67. The first kappa shape index (κ1) is 19.1. The molecule has 7 nitrogen and oxygen atoms in total. The molecule has 3 atom stereocenters. The van der Waals surface area contributed by atoms with Crippen molar-refractivity contribution < 1.29 is 13.7 Å². The van der Waals surface area contributed by atoms with Crippen molar-refractivity contribution in [3.05, 3.63) is 28.7 Å². The minimum atomic E-state index is -0.442. The number of benzene rings is 1. The van der Waals surface area contributed by atoms with E-state index in [0.29, 0.717) is 36.4 Å². The number of aliphatic imine (C=N–C) groups is 2. The molecule has 2 aromatic heterocycles. The lowest BCUT2D eigenvalue weighted by molar-refractivity contribution is -0.0432. The van der Waals surface area contributed by atoms with E-state index in [1.54, 1.807) is 5.51 Å². The number of halogens is 1. The molecule has 5 heterocycles. The van der Waals surface area contributed by atoms with Gasteiger partial charge in [0.15, 0.2) is 5.82 Å². The summed E-state index contributed by atoms with van der Waals surface area (Å²) in [6.07, 6.45) is 4.44. The summed E-state index contributed by atoms with van der Waals surface area (Å²) in [5, 5.41) is 4.91. The fourth-order valence-corrected chi connectivity index (χ4v) is 6.28. The SMILES string of the molecule is Cc1ncsc1-c1noc2c(F)c3c(cc12)CC1(C=NCN=C1)[C@@H]1[C@@H](C)O[C@@H](C)CN31. The standard InChI is InChI=1S/C22H22FN5O2S/c1-11-6-28-18-14(5-22(7-24-9-25-8-22)21(28)13(3)29-11)4-15-17(20-12(2)26-10-31-20)27-30-19(15)16(18)23/h4,7-8,10-11,13,21H,5-6,9H2,1-3H3/t11-,13+,21-/m0/s1. The van der Waals surface area contributed by atoms with Gasteiger partial charge in [-0.2, -0.15) is 0 Å². The number of thiazole rings is 1. The summed E-state index contributed by atoms with van der Waals surface area (Å²) in [5.41, 5.74) is 4.51. The van der Waals surface area contributed by atoms with Crippen molar-refractivity contribution in [3.63, 3.8) is 0 Å². The van der Waals surface area contributed by atoms with Gasteiger partial charge in [-0.3, -0.25) is 9.98 Å². The average molecular weight is 440 g/mol. The summed E-state index contributed by atoms with van der Waals surface area (Å²) in [5.74, 6) is -0.362. The molecule has 1 aromatic carbocycles. The average Bonchev–Trinajstić information content (AvgIpc) is 3.33. The number of fused-ring (bicyclic) bond motifs is 5. The van der Waals surface area contributed by atoms with Gasteiger partial charge in [-0.1, -0.05) is 5.16 Å². The molecule has 0 unspecified atom stereocenters. The molecular weight excluding hydrogens is 417 g/mol. The maximum Gasteiger partial charge on any atom is 0.205 e. The first-order valence-corrected chi connectivity index (χ1v) is 11.3. The molecule has 6 rings (SSSR count). The van der Waals surface area contributed by atoms with Crippen molar-refractivity contribution in [1.82, 2.24) is 10.1 Å². The van der Waals surface area contributed by atoms with Gasteiger partial charge in [-0.15, -0.1) is 11.3 Å². The van der Waals surface area contributed by atoms with Crippen LogP contribution in [0.1, 0.15) is 25.1 Å². The summed E-state index contributed by atoms with van der Waals surface area (Å²) in [6, 6.07) is 1.93.